The lowest BCUT2D eigenvalue weighted by molar-refractivity contribution is 0.276. The number of nitrogens with zero attached hydrogens (tertiary/aromatic N) is 5. The van der Waals surface area contributed by atoms with Gasteiger partial charge in [0, 0.05) is 51.2 Å². The van der Waals surface area contributed by atoms with Crippen LogP contribution in [0.2, 0.25) is 0 Å². The summed E-state index contributed by atoms with van der Waals surface area (Å²) < 4.78 is 3.57. The maximum Gasteiger partial charge on any atom is 0.0964 e. The number of aliphatic hydroxyl groups excluding tert-OH is 1. The number of hydrogen-bond acceptors (Lipinski definition) is 5. The maximum absolute atomic E-state index is 8.75. The van der Waals surface area contributed by atoms with Crippen molar-refractivity contribution in [3.05, 3.63) is 29.3 Å². The van der Waals surface area contributed by atoms with Crippen molar-refractivity contribution in [2.75, 3.05) is 6.61 Å². The van der Waals surface area contributed by atoms with E-state index in [9.17, 15) is 0 Å². The Morgan fingerprint density at radius 1 is 1.32 bits per heavy atom. The zero-order chi connectivity index (χ0) is 13.7. The molecule has 7 nitrogen and oxygen atoms in total. The molecular weight excluding hydrogens is 244 g/mol. The lowest BCUT2D eigenvalue weighted by Gasteiger charge is -2.00. The fourth-order valence-corrected chi connectivity index (χ4v) is 1.91. The second-order valence-electron chi connectivity index (χ2n) is 4.57. The summed E-state index contributed by atoms with van der Waals surface area (Å²) in [6.45, 7) is 4.32. The van der Waals surface area contributed by atoms with Crippen molar-refractivity contribution in [1.29, 1.82) is 0 Å². The predicted octanol–water partition coefficient (Wildman–Crippen LogP) is -0.00778. The smallest absolute Gasteiger partial charge is 0.0964 e. The highest BCUT2D eigenvalue weighted by atomic mass is 16.3. The van der Waals surface area contributed by atoms with E-state index in [1.54, 1.807) is 4.68 Å². The Kier molecular flexibility index (Phi) is 4.64. The highest BCUT2D eigenvalue weighted by Crippen LogP contribution is 2.04. The molecule has 0 aromatic carbocycles. The van der Waals surface area contributed by atoms with E-state index >= 15 is 0 Å². The normalized spacial score (nSPS) is 11.1. The van der Waals surface area contributed by atoms with Crippen molar-refractivity contribution in [3.8, 4) is 0 Å². The van der Waals surface area contributed by atoms with Crippen LogP contribution in [0.1, 0.15) is 23.4 Å². The minimum absolute atomic E-state index is 0.174. The highest BCUT2D eigenvalue weighted by Gasteiger charge is 2.04. The number of nitrogens with one attached hydrogen (secondary N) is 1. The molecule has 19 heavy (non-hydrogen) atoms. The molecule has 0 saturated heterocycles. The average Bonchev–Trinajstić information content (AvgIpc) is 2.94. The molecule has 2 aromatic heterocycles. The summed E-state index contributed by atoms with van der Waals surface area (Å²) in [5.74, 6) is 0. The van der Waals surface area contributed by atoms with Gasteiger partial charge < -0.3 is 10.4 Å². The van der Waals surface area contributed by atoms with E-state index < -0.39 is 0 Å². The fourth-order valence-electron chi connectivity index (χ4n) is 1.91. The summed E-state index contributed by atoms with van der Waals surface area (Å²) in [6, 6.07) is 0. The average molecular weight is 264 g/mol. The first-order chi connectivity index (χ1) is 9.19. The molecule has 2 heterocycles. The third kappa shape index (κ3) is 3.87. The van der Waals surface area contributed by atoms with Gasteiger partial charge in [-0.25, -0.2) is 0 Å². The lowest BCUT2D eigenvalue weighted by atomic mass is 10.2. The lowest BCUT2D eigenvalue weighted by Crippen LogP contribution is -2.13. The first-order valence-electron chi connectivity index (χ1n) is 6.38. The minimum atomic E-state index is 0.174. The van der Waals surface area contributed by atoms with Crippen LogP contribution in [-0.4, -0.2) is 36.5 Å². The van der Waals surface area contributed by atoms with Gasteiger partial charge in [-0.15, -0.1) is 5.10 Å². The molecule has 2 rings (SSSR count). The zero-order valence-corrected chi connectivity index (χ0v) is 11.4. The van der Waals surface area contributed by atoms with Gasteiger partial charge in [-0.1, -0.05) is 5.21 Å². The molecular formula is C12H20N6O. The summed E-state index contributed by atoms with van der Waals surface area (Å²) in [5, 5.41) is 24.4. The Morgan fingerprint density at radius 2 is 2.16 bits per heavy atom. The molecule has 0 amide bonds. The SMILES string of the molecule is Cc1nn(C)cc1CNCc1cn(CCCO)nn1. The summed E-state index contributed by atoms with van der Waals surface area (Å²) in [5.41, 5.74) is 3.14. The quantitative estimate of drug-likeness (QED) is 0.735. The molecule has 0 atom stereocenters. The van der Waals surface area contributed by atoms with E-state index in [0.717, 1.165) is 17.9 Å². The molecule has 0 aliphatic rings. The second-order valence-corrected chi connectivity index (χ2v) is 4.57. The van der Waals surface area contributed by atoms with Crippen molar-refractivity contribution >= 4 is 0 Å². The van der Waals surface area contributed by atoms with Gasteiger partial charge in [0.05, 0.1) is 11.4 Å². The van der Waals surface area contributed by atoms with Gasteiger partial charge in [0.15, 0.2) is 0 Å². The summed E-state index contributed by atoms with van der Waals surface area (Å²) in [4.78, 5) is 0. The van der Waals surface area contributed by atoms with E-state index in [-0.39, 0.29) is 6.61 Å². The van der Waals surface area contributed by atoms with Crippen LogP contribution in [0.5, 0.6) is 0 Å². The first-order valence-corrected chi connectivity index (χ1v) is 6.38. The number of hydrogen-bond donors (Lipinski definition) is 2. The van der Waals surface area contributed by atoms with Crippen LogP contribution in [0.25, 0.3) is 0 Å². The minimum Gasteiger partial charge on any atom is -0.396 e. The fraction of sp³-hybridized carbons (Fsp3) is 0.583. The van der Waals surface area contributed by atoms with Gasteiger partial charge in [0.2, 0.25) is 0 Å². The van der Waals surface area contributed by atoms with Gasteiger partial charge in [0.25, 0.3) is 0 Å². The molecule has 0 aliphatic heterocycles. The molecule has 0 unspecified atom stereocenters. The Balaban J connectivity index is 1.79. The van der Waals surface area contributed by atoms with E-state index in [2.05, 4.69) is 20.7 Å². The van der Waals surface area contributed by atoms with E-state index in [1.807, 2.05) is 31.0 Å². The molecule has 0 aliphatic carbocycles. The van der Waals surface area contributed by atoms with E-state index in [0.29, 0.717) is 19.5 Å². The second kappa shape index (κ2) is 6.44. The Hall–Kier alpha value is -1.73. The van der Waals surface area contributed by atoms with Gasteiger partial charge >= 0.3 is 0 Å². The van der Waals surface area contributed by atoms with Crippen LogP contribution < -0.4 is 5.32 Å². The summed E-state index contributed by atoms with van der Waals surface area (Å²) in [6.07, 6.45) is 4.62. The first kappa shape index (κ1) is 13.7. The van der Waals surface area contributed by atoms with Crippen LogP contribution in [0.15, 0.2) is 12.4 Å². The van der Waals surface area contributed by atoms with Crippen molar-refractivity contribution < 1.29 is 5.11 Å². The van der Waals surface area contributed by atoms with Crippen LogP contribution in [0.4, 0.5) is 0 Å². The number of rotatable bonds is 7. The Morgan fingerprint density at radius 3 is 2.84 bits per heavy atom. The molecule has 0 bridgehead atoms. The Labute approximate surface area is 112 Å². The molecule has 0 fully saturated rings. The van der Waals surface area contributed by atoms with Crippen LogP contribution in [-0.2, 0) is 26.7 Å². The van der Waals surface area contributed by atoms with Crippen molar-refractivity contribution in [2.45, 2.75) is 33.0 Å². The third-order valence-electron chi connectivity index (χ3n) is 2.87. The van der Waals surface area contributed by atoms with E-state index in [1.165, 1.54) is 5.56 Å². The number of aromatic nitrogens is 5. The molecule has 7 heteroatoms. The monoisotopic (exact) mass is 264 g/mol. The van der Waals surface area contributed by atoms with E-state index in [4.69, 9.17) is 5.11 Å². The van der Waals surface area contributed by atoms with Crippen LogP contribution in [0, 0.1) is 6.92 Å². The highest BCUT2D eigenvalue weighted by molar-refractivity contribution is 5.14. The molecule has 0 spiro atoms. The third-order valence-corrected chi connectivity index (χ3v) is 2.87. The molecule has 0 radical (unpaired) electrons. The summed E-state index contributed by atoms with van der Waals surface area (Å²) in [7, 11) is 1.92. The number of aliphatic hydroxyl groups is 1. The van der Waals surface area contributed by atoms with Gasteiger partial charge in [-0.05, 0) is 13.3 Å². The zero-order valence-electron chi connectivity index (χ0n) is 11.4. The van der Waals surface area contributed by atoms with Crippen LogP contribution in [0.3, 0.4) is 0 Å². The Bertz CT molecular complexity index is 518. The molecule has 2 N–H and O–H groups in total. The van der Waals surface area contributed by atoms with Gasteiger partial charge in [-0.2, -0.15) is 5.10 Å². The van der Waals surface area contributed by atoms with Crippen molar-refractivity contribution in [2.24, 2.45) is 7.05 Å². The van der Waals surface area contributed by atoms with Crippen LogP contribution >= 0.6 is 0 Å². The topological polar surface area (TPSA) is 80.8 Å². The maximum atomic E-state index is 8.75. The van der Waals surface area contributed by atoms with Gasteiger partial charge in [-0.3, -0.25) is 9.36 Å². The molecule has 0 saturated carbocycles. The van der Waals surface area contributed by atoms with Crippen molar-refractivity contribution in [1.82, 2.24) is 30.1 Å². The largest absolute Gasteiger partial charge is 0.396 e. The number of aryl methyl sites for hydroxylation is 3. The van der Waals surface area contributed by atoms with Crippen molar-refractivity contribution in [3.63, 3.8) is 0 Å². The standard InChI is InChI=1S/C12H20N6O/c1-10-11(8-17(2)15-10)6-13-7-12-9-18(16-14-12)4-3-5-19/h8-9,13,19H,3-7H2,1-2H3. The van der Waals surface area contributed by atoms with Gasteiger partial charge in [0.1, 0.15) is 0 Å². The summed E-state index contributed by atoms with van der Waals surface area (Å²) >= 11 is 0. The molecule has 2 aromatic rings. The predicted molar refractivity (Wildman–Crippen MR) is 70.2 cm³/mol. The molecule has 104 valence electrons.